The summed E-state index contributed by atoms with van der Waals surface area (Å²) < 4.78 is 0. The number of carbonyl (C=O) groups is 1. The molecule has 0 aliphatic heterocycles. The largest absolute Gasteiger partial charge is 0.364 e. The highest BCUT2D eigenvalue weighted by molar-refractivity contribution is 6.31. The Morgan fingerprint density at radius 2 is 1.93 bits per heavy atom. The van der Waals surface area contributed by atoms with E-state index >= 15 is 0 Å². The third-order valence-electron chi connectivity index (χ3n) is 7.03. The Balaban J connectivity index is 1.63. The lowest BCUT2D eigenvalue weighted by molar-refractivity contribution is 0.0997. The Morgan fingerprint density at radius 1 is 1.23 bits per heavy atom. The molecule has 3 fully saturated rings. The molecule has 6 rings (SSSR count). The van der Waals surface area contributed by atoms with Gasteiger partial charge in [0.05, 0.1) is 27.3 Å². The summed E-state index contributed by atoms with van der Waals surface area (Å²) in [5, 5.41) is 0.851. The Hall–Kier alpha value is -2.73. The highest BCUT2D eigenvalue weighted by atomic mass is 35.5. The predicted molar refractivity (Wildman–Crippen MR) is 117 cm³/mol. The fourth-order valence-electron chi connectivity index (χ4n) is 5.36. The van der Waals surface area contributed by atoms with Gasteiger partial charge in [0.2, 0.25) is 0 Å². The molecular weight excluding hydrogens is 400 g/mol. The highest BCUT2D eigenvalue weighted by Gasteiger charge is 2.43. The zero-order valence-corrected chi connectivity index (χ0v) is 17.6. The molecule has 30 heavy (non-hydrogen) atoms. The van der Waals surface area contributed by atoms with Crippen LogP contribution in [-0.2, 0) is 5.41 Å². The molecule has 0 spiro atoms. The van der Waals surface area contributed by atoms with Gasteiger partial charge in [-0.25, -0.2) is 0 Å². The van der Waals surface area contributed by atoms with Crippen molar-refractivity contribution in [1.29, 1.82) is 0 Å². The van der Waals surface area contributed by atoms with E-state index in [1.165, 1.54) is 31.5 Å². The summed E-state index contributed by atoms with van der Waals surface area (Å²) in [4.78, 5) is 36.6. The zero-order valence-electron chi connectivity index (χ0n) is 16.8. The number of aromatic amines is 1. The molecule has 0 aromatic carbocycles. The fourth-order valence-corrected chi connectivity index (χ4v) is 5.71. The molecule has 3 aliphatic carbocycles. The van der Waals surface area contributed by atoms with Crippen LogP contribution in [0, 0.1) is 12.8 Å². The number of halogens is 1. The average Bonchev–Trinajstić information content (AvgIpc) is 2.75. The van der Waals surface area contributed by atoms with Crippen LogP contribution in [0.4, 0.5) is 0 Å². The summed E-state index contributed by atoms with van der Waals surface area (Å²) in [5.74, 6) is 0.138. The molecular formula is C23H23ClN4O2. The number of hydrogen-bond acceptors (Lipinski definition) is 4. The van der Waals surface area contributed by atoms with Crippen LogP contribution in [0.15, 0.2) is 29.2 Å². The number of amides is 1. The molecule has 1 amide bonds. The summed E-state index contributed by atoms with van der Waals surface area (Å²) in [5.41, 5.74) is 8.85. The molecule has 3 saturated carbocycles. The van der Waals surface area contributed by atoms with Gasteiger partial charge in [0.25, 0.3) is 5.91 Å². The maximum absolute atomic E-state index is 12.8. The number of hydrogen-bond donors (Lipinski definition) is 2. The lowest BCUT2D eigenvalue weighted by atomic mass is 9.59. The van der Waals surface area contributed by atoms with Gasteiger partial charge in [0.1, 0.15) is 5.69 Å². The first-order valence-corrected chi connectivity index (χ1v) is 10.8. The van der Waals surface area contributed by atoms with Crippen molar-refractivity contribution >= 4 is 28.4 Å². The maximum Gasteiger partial charge on any atom is 0.268 e. The van der Waals surface area contributed by atoms with Crippen LogP contribution in [0.1, 0.15) is 60.4 Å². The third-order valence-corrected chi connectivity index (χ3v) is 7.32. The van der Waals surface area contributed by atoms with Gasteiger partial charge in [0, 0.05) is 28.9 Å². The number of nitrogens with one attached hydrogen (secondary N) is 1. The molecule has 3 N–H and O–H groups in total. The van der Waals surface area contributed by atoms with Gasteiger partial charge in [0.15, 0.2) is 5.43 Å². The summed E-state index contributed by atoms with van der Waals surface area (Å²) in [7, 11) is 0. The van der Waals surface area contributed by atoms with E-state index in [9.17, 15) is 9.59 Å². The summed E-state index contributed by atoms with van der Waals surface area (Å²) in [6.45, 7) is 1.95. The number of pyridine rings is 3. The molecule has 3 aliphatic rings. The number of nitrogens with zero attached hydrogens (tertiary/aromatic N) is 2. The SMILES string of the molecule is Cc1nc(C23CCC(CC2)CC3)c(Cl)cc1-c1cc(=O)c2c(C(N)=O)nccc2[nH]1. The minimum absolute atomic E-state index is 0.0319. The first kappa shape index (κ1) is 19.2. The van der Waals surface area contributed by atoms with E-state index in [4.69, 9.17) is 22.3 Å². The fraction of sp³-hybridized carbons (Fsp3) is 0.391. The number of H-pyrrole nitrogens is 1. The first-order chi connectivity index (χ1) is 14.4. The molecule has 7 heteroatoms. The number of aromatic nitrogens is 3. The lowest BCUT2D eigenvalue weighted by Gasteiger charge is -2.46. The smallest absolute Gasteiger partial charge is 0.268 e. The number of rotatable bonds is 3. The van der Waals surface area contributed by atoms with Crippen molar-refractivity contribution in [2.75, 3.05) is 0 Å². The second kappa shape index (κ2) is 6.91. The van der Waals surface area contributed by atoms with E-state index < -0.39 is 5.91 Å². The molecule has 2 bridgehead atoms. The van der Waals surface area contributed by atoms with Crippen molar-refractivity contribution < 1.29 is 4.79 Å². The Kier molecular flexibility index (Phi) is 4.43. The maximum atomic E-state index is 12.8. The van der Waals surface area contributed by atoms with Crippen molar-refractivity contribution in [2.45, 2.75) is 50.9 Å². The minimum atomic E-state index is -0.731. The lowest BCUT2D eigenvalue weighted by Crippen LogP contribution is -2.38. The van der Waals surface area contributed by atoms with Crippen LogP contribution in [0.3, 0.4) is 0 Å². The van der Waals surface area contributed by atoms with Crippen LogP contribution >= 0.6 is 11.6 Å². The molecule has 6 nitrogen and oxygen atoms in total. The molecule has 154 valence electrons. The van der Waals surface area contributed by atoms with E-state index in [0.29, 0.717) is 16.2 Å². The van der Waals surface area contributed by atoms with Crippen LogP contribution in [0.25, 0.3) is 22.2 Å². The van der Waals surface area contributed by atoms with Crippen LogP contribution in [0.2, 0.25) is 5.02 Å². The second-order valence-corrected chi connectivity index (χ2v) is 9.11. The van der Waals surface area contributed by atoms with Gasteiger partial charge in [-0.15, -0.1) is 0 Å². The van der Waals surface area contributed by atoms with E-state index in [1.807, 2.05) is 13.0 Å². The van der Waals surface area contributed by atoms with Crippen molar-refractivity contribution in [3.63, 3.8) is 0 Å². The molecule has 3 heterocycles. The van der Waals surface area contributed by atoms with Crippen molar-refractivity contribution in [1.82, 2.24) is 15.0 Å². The van der Waals surface area contributed by atoms with Crippen LogP contribution in [0.5, 0.6) is 0 Å². The summed E-state index contributed by atoms with van der Waals surface area (Å²) in [6.07, 6.45) is 8.69. The monoisotopic (exact) mass is 422 g/mol. The topological polar surface area (TPSA) is 102 Å². The third kappa shape index (κ3) is 2.93. The predicted octanol–water partition coefficient (Wildman–Crippen LogP) is 4.27. The number of primary amides is 1. The highest BCUT2D eigenvalue weighted by Crippen LogP contribution is 2.52. The Labute approximate surface area is 178 Å². The molecule has 3 aromatic rings. The Bertz CT molecular complexity index is 1230. The normalized spacial score (nSPS) is 23.1. The van der Waals surface area contributed by atoms with E-state index in [1.54, 1.807) is 6.07 Å². The standard InChI is InChI=1S/C23H23ClN4O2/c1-12-14(10-15(24)21(27-12)23-6-2-13(3-7-23)4-8-23)17-11-18(29)19-16(28-17)5-9-26-20(19)22(25)30/h5,9-11,13H,2-4,6-8H2,1H3,(H2,25,30)(H,28,29). The van der Waals surface area contributed by atoms with Gasteiger partial charge >= 0.3 is 0 Å². The van der Waals surface area contributed by atoms with E-state index in [-0.39, 0.29) is 21.9 Å². The number of carbonyl (C=O) groups excluding carboxylic acids is 1. The number of fused-ring (bicyclic) bond motifs is 4. The molecule has 0 radical (unpaired) electrons. The molecule has 0 saturated heterocycles. The summed E-state index contributed by atoms with van der Waals surface area (Å²) >= 11 is 6.77. The quantitative estimate of drug-likeness (QED) is 0.658. The van der Waals surface area contributed by atoms with Crippen LogP contribution < -0.4 is 11.2 Å². The van der Waals surface area contributed by atoms with Gasteiger partial charge in [-0.05, 0) is 63.5 Å². The van der Waals surface area contributed by atoms with Gasteiger partial charge in [-0.1, -0.05) is 11.6 Å². The van der Waals surface area contributed by atoms with Crippen LogP contribution in [-0.4, -0.2) is 20.9 Å². The first-order valence-electron chi connectivity index (χ1n) is 10.4. The van der Waals surface area contributed by atoms with Crippen molar-refractivity contribution in [3.8, 4) is 11.3 Å². The average molecular weight is 423 g/mol. The van der Waals surface area contributed by atoms with E-state index in [0.717, 1.165) is 42.1 Å². The van der Waals surface area contributed by atoms with Gasteiger partial charge in [-0.2, -0.15) is 0 Å². The Morgan fingerprint density at radius 3 is 2.60 bits per heavy atom. The molecule has 0 unspecified atom stereocenters. The summed E-state index contributed by atoms with van der Waals surface area (Å²) in [6, 6.07) is 5.04. The minimum Gasteiger partial charge on any atom is -0.364 e. The zero-order chi connectivity index (χ0) is 21.0. The number of aryl methyl sites for hydroxylation is 1. The molecule has 0 atom stereocenters. The van der Waals surface area contributed by atoms with E-state index in [2.05, 4.69) is 9.97 Å². The van der Waals surface area contributed by atoms with Crippen molar-refractivity contribution in [2.24, 2.45) is 11.7 Å². The molecule has 3 aromatic heterocycles. The van der Waals surface area contributed by atoms with Gasteiger partial charge in [-0.3, -0.25) is 19.6 Å². The van der Waals surface area contributed by atoms with Gasteiger partial charge < -0.3 is 10.7 Å². The number of nitrogens with two attached hydrogens (primary N) is 1. The second-order valence-electron chi connectivity index (χ2n) is 8.71. The van der Waals surface area contributed by atoms with Crippen molar-refractivity contribution in [3.05, 3.63) is 56.7 Å².